The minimum Gasteiger partial charge on any atom is -0.457 e. The Hall–Kier alpha value is -11.6. The van der Waals surface area contributed by atoms with Gasteiger partial charge in [0.15, 0.2) is 0 Å². The number of hydrogen-bond donors (Lipinski definition) is 5. The van der Waals surface area contributed by atoms with Gasteiger partial charge in [0, 0.05) is 167 Å². The summed E-state index contributed by atoms with van der Waals surface area (Å²) in [7, 11) is 4.25. The van der Waals surface area contributed by atoms with E-state index in [0.29, 0.717) is 126 Å². The quantitative estimate of drug-likeness (QED) is 0.0186. The molecule has 34 nitrogen and oxygen atoms in total. The number of carbonyl (C=O) groups is 2. The van der Waals surface area contributed by atoms with Gasteiger partial charge in [0.1, 0.15) is 53.3 Å². The summed E-state index contributed by atoms with van der Waals surface area (Å²) in [6.45, 7) is 29.7. The molecular weight excluding hydrogens is 2200 g/mol. The van der Waals surface area contributed by atoms with Crippen LogP contribution < -0.4 is 69.0 Å². The molecule has 144 heavy (non-hydrogen) atoms. The van der Waals surface area contributed by atoms with Crippen LogP contribution in [0.1, 0.15) is 109 Å². The van der Waals surface area contributed by atoms with Gasteiger partial charge in [-0.25, -0.2) is 16.8 Å². The van der Waals surface area contributed by atoms with E-state index in [4.69, 9.17) is 48.2 Å². The maximum atomic E-state index is 13.1. The van der Waals surface area contributed by atoms with E-state index >= 15 is 0 Å². The molecule has 0 spiro atoms. The number of anilines is 3. The van der Waals surface area contributed by atoms with E-state index in [0.717, 1.165) is 102 Å². The highest BCUT2D eigenvalue weighted by molar-refractivity contribution is 9.11. The number of nitrogens with one attached hydrogen (secondary N) is 3. The van der Waals surface area contributed by atoms with Crippen LogP contribution >= 0.6 is 127 Å². The highest BCUT2D eigenvalue weighted by atomic mass is 79.9. The van der Waals surface area contributed by atoms with Gasteiger partial charge in [0.25, 0.3) is 45.8 Å². The van der Waals surface area contributed by atoms with Crippen molar-refractivity contribution in [2.24, 2.45) is 28.2 Å². The molecule has 0 bridgehead atoms. The van der Waals surface area contributed by atoms with Gasteiger partial charge in [-0.05, 0) is 254 Å². The average Bonchev–Trinajstić information content (AvgIpc) is 1.57. The van der Waals surface area contributed by atoms with Crippen molar-refractivity contribution in [1.82, 2.24) is 59.7 Å². The van der Waals surface area contributed by atoms with Crippen LogP contribution in [0.2, 0.25) is 0 Å². The molecule has 48 heteroatoms. The highest BCUT2D eigenvalue weighted by Crippen LogP contribution is 2.61. The lowest BCUT2D eigenvalue weighted by molar-refractivity contribution is -0.119. The summed E-state index contributed by atoms with van der Waals surface area (Å²) in [5, 5.41) is 23.6. The highest BCUT2D eigenvalue weighted by Gasteiger charge is 2.53. The summed E-state index contributed by atoms with van der Waals surface area (Å²) in [5.41, 5.74) is 26.9. The van der Waals surface area contributed by atoms with E-state index < -0.39 is 48.5 Å². The van der Waals surface area contributed by atoms with Crippen molar-refractivity contribution in [1.29, 1.82) is 0 Å². The number of halogens is 6. The number of nitrogen functional groups attached to an aromatic ring is 2. The van der Waals surface area contributed by atoms with Crippen LogP contribution in [0.3, 0.4) is 0 Å². The van der Waals surface area contributed by atoms with Crippen molar-refractivity contribution in [2.45, 2.75) is 122 Å². The number of pyridine rings is 4. The van der Waals surface area contributed by atoms with Gasteiger partial charge in [-0.15, -0.1) is 75.9 Å². The van der Waals surface area contributed by atoms with Crippen molar-refractivity contribution in [2.75, 3.05) is 27.7 Å². The Morgan fingerprint density at radius 2 is 0.799 bits per heavy atom. The zero-order valence-electron chi connectivity index (χ0n) is 81.1. The molecule has 0 radical (unpaired) electrons. The number of nitrogens with two attached hydrogens (primary N) is 2. The van der Waals surface area contributed by atoms with Crippen LogP contribution in [0.4, 0.5) is 17.1 Å². The Balaban J connectivity index is 0.000000160. The summed E-state index contributed by atoms with van der Waals surface area (Å²) in [5.74, 6) is 5.92. The van der Waals surface area contributed by atoms with Crippen molar-refractivity contribution in [3.8, 4) is 89.1 Å². The molecule has 0 aliphatic carbocycles. The van der Waals surface area contributed by atoms with Gasteiger partial charge in [-0.3, -0.25) is 48.9 Å². The largest absolute Gasteiger partial charge is 0.498 e. The average molecular weight is 2300 g/mol. The number of benzene rings is 6. The van der Waals surface area contributed by atoms with Crippen LogP contribution in [0.5, 0.6) is 34.5 Å². The third-order valence-corrected chi connectivity index (χ3v) is 30.5. The Labute approximate surface area is 878 Å². The topological polar surface area (TPSA) is 459 Å². The number of hydrazine groups is 1. The molecule has 17 aromatic rings. The molecule has 1 saturated heterocycles. The van der Waals surface area contributed by atoms with E-state index in [9.17, 15) is 50.2 Å². The molecule has 6 aromatic carbocycles. The van der Waals surface area contributed by atoms with Gasteiger partial charge >= 0.3 is 12.3 Å². The smallest absolute Gasteiger partial charge is 0.457 e. The van der Waals surface area contributed by atoms with E-state index in [1.165, 1.54) is 57.0 Å². The van der Waals surface area contributed by atoms with E-state index in [-0.39, 0.29) is 39.6 Å². The number of nitrogens with zero attached hydrogens (tertiary/aromatic N) is 10. The molecule has 756 valence electrons. The predicted octanol–water partition coefficient (Wildman–Crippen LogP) is 22.6. The van der Waals surface area contributed by atoms with E-state index in [1.54, 1.807) is 108 Å². The first-order valence-electron chi connectivity index (χ1n) is 43.5. The van der Waals surface area contributed by atoms with Crippen LogP contribution in [-0.2, 0) is 65.9 Å². The number of ether oxygens (including phenoxy) is 3. The molecule has 0 atom stereocenters. The zero-order valence-corrected chi connectivity index (χ0v) is 93.0. The Morgan fingerprint density at radius 1 is 0.465 bits per heavy atom. The van der Waals surface area contributed by atoms with Crippen LogP contribution in [0.15, 0.2) is 200 Å². The van der Waals surface area contributed by atoms with Crippen molar-refractivity contribution >= 4 is 228 Å². The molecule has 0 saturated carbocycles. The Morgan fingerprint density at radius 3 is 1.17 bits per heavy atom. The van der Waals surface area contributed by atoms with Crippen molar-refractivity contribution in [3.63, 3.8) is 0 Å². The SMILES string of the molecule is CC(=O)NNC(=O)c1cc2c(Br)cn(C)c(=O)c2s1.CCS(=O)(=O)Cl.CCS(=O)(=O)Nc1ccc(Oc2c(C)cccc2C)c(-c2cn(C)c(=O)c3sc(-c4nnc(C)o4)cc23)c1.Cc1cccc(C)c1Oc1ccc(N)cc1B1OC(C)(C)C(C)(C)O1.Cc1nnc(-c2cc3c(-c4cc(N)ccc4Oc4c(C)cccc4C)cn(C)c(=O)c3s2)o1.Cc1nnc(-c2cc3c(Br)cn(C)c(=O)c3s2)o1.O=P(Cl)(Cl)Cl. The van der Waals surface area contributed by atoms with Crippen LogP contribution in [0, 0.1) is 62.3 Å². The molecule has 1 aliphatic heterocycles. The second-order valence-corrected chi connectivity index (χ2v) is 51.3. The molecule has 2 amide bonds. The predicted molar refractivity (Wildman–Crippen MR) is 582 cm³/mol. The number of amides is 2. The molecule has 18 rings (SSSR count). The fourth-order valence-electron chi connectivity index (χ4n) is 14.1. The molecule has 12 heterocycles. The minimum absolute atomic E-state index is 0.00849. The van der Waals surface area contributed by atoms with E-state index in [1.807, 2.05) is 185 Å². The van der Waals surface area contributed by atoms with Crippen molar-refractivity contribution in [3.05, 3.63) is 265 Å². The normalized spacial score (nSPS) is 12.6. The monoisotopic (exact) mass is 2300 g/mol. The fraction of sp³-hybridized carbons (Fsp3) is 0.250. The van der Waals surface area contributed by atoms with Gasteiger partial charge in [0.2, 0.25) is 42.7 Å². The maximum Gasteiger partial charge on any atom is 0.498 e. The third-order valence-electron chi connectivity index (χ3n) is 22.1. The molecule has 1 fully saturated rings. The Kier molecular flexibility index (Phi) is 35.5. The summed E-state index contributed by atoms with van der Waals surface area (Å²) < 4.78 is 114. The van der Waals surface area contributed by atoms with E-state index in [2.05, 4.69) is 122 Å². The molecule has 7 N–H and O–H groups in total. The van der Waals surface area contributed by atoms with Gasteiger partial charge in [0.05, 0.1) is 42.2 Å². The number of thiophene rings is 4. The van der Waals surface area contributed by atoms with Gasteiger partial charge < -0.3 is 66.5 Å². The molecular formula is C96H97BBr2Cl4N15O19PS6. The summed E-state index contributed by atoms with van der Waals surface area (Å²) in [4.78, 5) is 75.1. The summed E-state index contributed by atoms with van der Waals surface area (Å²) in [6, 6.07) is 41.5. The molecule has 11 aromatic heterocycles. The van der Waals surface area contributed by atoms with Crippen molar-refractivity contribution < 1.29 is 67.8 Å². The number of sulfonamides is 1. The Bertz CT molecular complexity index is 8270. The molecule has 0 unspecified atom stereocenters. The van der Waals surface area contributed by atoms with Crippen LogP contribution in [0.25, 0.3) is 94.9 Å². The maximum absolute atomic E-state index is 13.1. The first kappa shape index (κ1) is 111. The number of aryl methyl sites for hydroxylation is 13. The first-order valence-corrected chi connectivity index (χ1v) is 56.9. The van der Waals surface area contributed by atoms with Crippen LogP contribution in [-0.4, -0.2) is 107 Å². The number of para-hydroxylation sites is 3. The number of hydrogen-bond acceptors (Lipinski definition) is 31. The number of aromatic nitrogens is 10. The standard InChI is InChI=1S/C27H26N4O5S2.C25H22N4O3S.C20H26BNO3.C11H10BrN3O3S.C11H8BrN3O2S.C2H5ClO2S.Cl3OP/c1-6-38(33,34)30-18-10-11-22(36-24-15(2)8-7-9-16(24)3)19(12-18)21-14-31(5)27(32)25-20(21)13-23(37-25)26-29-28-17(4)35-26;1-13-6-5-7-14(2)22(13)32-20-9-8-16(26)10-17(20)19-12-29(4)25(30)23-18(19)11-21(33-23)24-28-27-15(3)31-24;1-13-8-7-9-14(2)18(13)23-17-11-10-15(22)12-16(17)21-24-19(3,4)20(5,6)25-21;1-5(16)13-14-10(17)8-3-6-7(12)4-15(2)11(18)9(6)19-8;1-5-13-14-10(17-5)8-3-6-7(12)4-15(2)11(16)9(6)18-8;1-2-6(3,4)5;1-5(2,3)4/h7-14,30H,6H2,1-5H3;5-12H,26H2,1-4H3;7-12H,22H2,1-6H3;3-4H,1-2H3,(H,13,16)(H,14,17);3-4H,1-2H3;2H2,1H3;. The second-order valence-electron chi connectivity index (χ2n) is 33.7. The third kappa shape index (κ3) is 27.2. The summed E-state index contributed by atoms with van der Waals surface area (Å²) in [6.07, 6.45) is 6.94. The van der Waals surface area contributed by atoms with Gasteiger partial charge in [-0.1, -0.05) is 61.5 Å². The number of carbonyl (C=O) groups excluding carboxylic acids is 2. The second kappa shape index (κ2) is 46.0. The lowest BCUT2D eigenvalue weighted by Gasteiger charge is -2.32. The molecule has 1 aliphatic rings. The minimum atomic E-state index is -3.52. The van der Waals surface area contributed by atoms with Gasteiger partial charge in [-0.2, -0.15) is 0 Å². The zero-order chi connectivity index (χ0) is 106. The lowest BCUT2D eigenvalue weighted by atomic mass is 9.78. The lowest BCUT2D eigenvalue weighted by Crippen LogP contribution is -2.41. The number of rotatable bonds is 17. The first-order chi connectivity index (χ1) is 67.5. The summed E-state index contributed by atoms with van der Waals surface area (Å²) >= 11 is 25.7. The number of fused-ring (bicyclic) bond motifs is 4. The fourth-order valence-corrected chi connectivity index (χ4v) is 20.5.